The molecule has 1 aromatic heterocycles. The second kappa shape index (κ2) is 6.01. The highest BCUT2D eigenvalue weighted by Crippen LogP contribution is 2.32. The van der Waals surface area contributed by atoms with E-state index in [1.54, 1.807) is 0 Å². The van der Waals surface area contributed by atoms with Crippen molar-refractivity contribution >= 4 is 17.4 Å². The Morgan fingerprint density at radius 3 is 2.45 bits per heavy atom. The van der Waals surface area contributed by atoms with Gasteiger partial charge in [-0.2, -0.15) is 13.2 Å². The van der Waals surface area contributed by atoms with Crippen molar-refractivity contribution in [2.75, 3.05) is 44.7 Å². The normalized spacial score (nSPS) is 17.4. The van der Waals surface area contributed by atoms with Crippen LogP contribution in [0.1, 0.15) is 0 Å². The maximum atomic E-state index is 12.3. The van der Waals surface area contributed by atoms with Gasteiger partial charge in [0.25, 0.3) is 0 Å². The molecule has 0 N–H and O–H groups in total. The van der Waals surface area contributed by atoms with E-state index in [1.165, 1.54) is 18.3 Å². The lowest BCUT2D eigenvalue weighted by Crippen LogP contribution is -2.49. The molecule has 0 atom stereocenters. The van der Waals surface area contributed by atoms with E-state index in [4.69, 9.17) is 16.3 Å². The molecule has 0 spiro atoms. The first-order valence-electron chi connectivity index (χ1n) is 5.99. The topological polar surface area (TPSA) is 41.5 Å². The summed E-state index contributed by atoms with van der Waals surface area (Å²) in [6.45, 7) is 0.594. The summed E-state index contributed by atoms with van der Waals surface area (Å²) >= 11 is 5.90. The number of hydrogen-bond donors (Lipinski definition) is 0. The first kappa shape index (κ1) is 15.1. The summed E-state index contributed by atoms with van der Waals surface area (Å²) in [7, 11) is 1.45. The molecular formula is C11H14ClF3N4O. The Bertz CT molecular complexity index is 463. The van der Waals surface area contributed by atoms with E-state index in [0.29, 0.717) is 37.7 Å². The van der Waals surface area contributed by atoms with Gasteiger partial charge in [0, 0.05) is 26.2 Å². The van der Waals surface area contributed by atoms with E-state index in [0.717, 1.165) is 0 Å². The van der Waals surface area contributed by atoms with Gasteiger partial charge in [0.15, 0.2) is 16.7 Å². The Balaban J connectivity index is 2.02. The maximum absolute atomic E-state index is 12.3. The SMILES string of the molecule is COc1c(Cl)ncnc1N1CCN(CC(F)(F)F)CC1. The third kappa shape index (κ3) is 3.63. The quantitative estimate of drug-likeness (QED) is 0.797. The lowest BCUT2D eigenvalue weighted by Gasteiger charge is -2.35. The Hall–Kier alpha value is -1.28. The first-order valence-corrected chi connectivity index (χ1v) is 6.37. The molecule has 1 aromatic rings. The summed E-state index contributed by atoms with van der Waals surface area (Å²) in [4.78, 5) is 11.1. The van der Waals surface area contributed by atoms with Crippen molar-refractivity contribution in [2.24, 2.45) is 0 Å². The second-order valence-electron chi connectivity index (χ2n) is 4.40. The predicted molar refractivity (Wildman–Crippen MR) is 68.3 cm³/mol. The Labute approximate surface area is 119 Å². The van der Waals surface area contributed by atoms with Gasteiger partial charge in [0.1, 0.15) is 6.33 Å². The minimum atomic E-state index is -4.17. The number of piperazine rings is 1. The van der Waals surface area contributed by atoms with Gasteiger partial charge in [0.05, 0.1) is 13.7 Å². The van der Waals surface area contributed by atoms with Crippen LogP contribution in [-0.2, 0) is 0 Å². The smallest absolute Gasteiger partial charge is 0.401 e. The summed E-state index contributed by atoms with van der Waals surface area (Å²) < 4.78 is 42.1. The summed E-state index contributed by atoms with van der Waals surface area (Å²) in [5.41, 5.74) is 0. The van der Waals surface area contributed by atoms with Gasteiger partial charge >= 0.3 is 6.18 Å². The van der Waals surface area contributed by atoms with Crippen molar-refractivity contribution in [3.63, 3.8) is 0 Å². The molecule has 2 heterocycles. The Morgan fingerprint density at radius 2 is 1.90 bits per heavy atom. The lowest BCUT2D eigenvalue weighted by atomic mass is 10.3. The molecule has 1 aliphatic rings. The molecule has 1 fully saturated rings. The van der Waals surface area contributed by atoms with Gasteiger partial charge in [-0.15, -0.1) is 0 Å². The molecule has 0 aromatic carbocycles. The van der Waals surface area contributed by atoms with Crippen LogP contribution < -0.4 is 9.64 Å². The van der Waals surface area contributed by atoms with Crippen LogP contribution in [0.4, 0.5) is 19.0 Å². The fraction of sp³-hybridized carbons (Fsp3) is 0.636. The number of aromatic nitrogens is 2. The Morgan fingerprint density at radius 1 is 1.25 bits per heavy atom. The van der Waals surface area contributed by atoms with E-state index >= 15 is 0 Å². The van der Waals surface area contributed by atoms with Crippen LogP contribution in [0.5, 0.6) is 5.75 Å². The average molecular weight is 311 g/mol. The van der Waals surface area contributed by atoms with Gasteiger partial charge in [-0.1, -0.05) is 11.6 Å². The minimum Gasteiger partial charge on any atom is -0.490 e. The number of anilines is 1. The molecule has 1 aliphatic heterocycles. The average Bonchev–Trinajstić information content (AvgIpc) is 2.37. The second-order valence-corrected chi connectivity index (χ2v) is 4.76. The van der Waals surface area contributed by atoms with E-state index in [2.05, 4.69) is 9.97 Å². The highest BCUT2D eigenvalue weighted by molar-refractivity contribution is 6.31. The van der Waals surface area contributed by atoms with Crippen LogP contribution >= 0.6 is 11.6 Å². The van der Waals surface area contributed by atoms with Gasteiger partial charge in [-0.3, -0.25) is 4.90 Å². The number of rotatable bonds is 3. The fourth-order valence-electron chi connectivity index (χ4n) is 2.12. The molecule has 0 aliphatic carbocycles. The van der Waals surface area contributed by atoms with Crippen molar-refractivity contribution in [3.05, 3.63) is 11.5 Å². The maximum Gasteiger partial charge on any atom is 0.401 e. The van der Waals surface area contributed by atoms with Crippen molar-refractivity contribution < 1.29 is 17.9 Å². The largest absolute Gasteiger partial charge is 0.490 e. The van der Waals surface area contributed by atoms with E-state index in [1.807, 2.05) is 4.90 Å². The molecule has 0 saturated carbocycles. The molecule has 0 bridgehead atoms. The zero-order chi connectivity index (χ0) is 14.8. The van der Waals surface area contributed by atoms with E-state index in [9.17, 15) is 13.2 Å². The molecule has 0 amide bonds. The van der Waals surface area contributed by atoms with Crippen molar-refractivity contribution in [3.8, 4) is 5.75 Å². The molecule has 0 radical (unpaired) electrons. The summed E-state index contributed by atoms with van der Waals surface area (Å²) in [6, 6.07) is 0. The van der Waals surface area contributed by atoms with E-state index < -0.39 is 12.7 Å². The molecule has 0 unspecified atom stereocenters. The molecule has 5 nitrogen and oxygen atoms in total. The summed E-state index contributed by atoms with van der Waals surface area (Å²) in [5, 5.41) is 0.190. The summed E-state index contributed by atoms with van der Waals surface area (Å²) in [5.74, 6) is 0.859. The number of nitrogens with zero attached hydrogens (tertiary/aromatic N) is 4. The monoisotopic (exact) mass is 310 g/mol. The molecular weight excluding hydrogens is 297 g/mol. The number of ether oxygens (including phenoxy) is 1. The van der Waals surface area contributed by atoms with Crippen LogP contribution in [-0.4, -0.2) is 60.9 Å². The van der Waals surface area contributed by atoms with Crippen molar-refractivity contribution in [2.45, 2.75) is 6.18 Å². The van der Waals surface area contributed by atoms with Crippen LogP contribution in [0.2, 0.25) is 5.15 Å². The van der Waals surface area contributed by atoms with Crippen molar-refractivity contribution in [1.82, 2.24) is 14.9 Å². The lowest BCUT2D eigenvalue weighted by molar-refractivity contribution is -0.146. The number of hydrogen-bond acceptors (Lipinski definition) is 5. The van der Waals surface area contributed by atoms with Crippen LogP contribution in [0, 0.1) is 0 Å². The molecule has 9 heteroatoms. The first-order chi connectivity index (χ1) is 9.40. The fourth-order valence-corrected chi connectivity index (χ4v) is 2.32. The third-order valence-corrected chi connectivity index (χ3v) is 3.29. The number of methoxy groups -OCH3 is 1. The highest BCUT2D eigenvalue weighted by Gasteiger charge is 2.32. The molecule has 1 saturated heterocycles. The van der Waals surface area contributed by atoms with Crippen LogP contribution in [0.25, 0.3) is 0 Å². The third-order valence-electron chi connectivity index (χ3n) is 3.02. The zero-order valence-electron chi connectivity index (χ0n) is 10.8. The van der Waals surface area contributed by atoms with Gasteiger partial charge in [0.2, 0.25) is 0 Å². The van der Waals surface area contributed by atoms with Gasteiger partial charge < -0.3 is 9.64 Å². The van der Waals surface area contributed by atoms with Gasteiger partial charge in [-0.25, -0.2) is 9.97 Å². The Kier molecular flexibility index (Phi) is 4.54. The molecule has 112 valence electrons. The van der Waals surface area contributed by atoms with Crippen LogP contribution in [0.15, 0.2) is 6.33 Å². The van der Waals surface area contributed by atoms with Crippen LogP contribution in [0.3, 0.4) is 0 Å². The highest BCUT2D eigenvalue weighted by atomic mass is 35.5. The standard InChI is InChI=1S/C11H14ClF3N4O/c1-20-8-9(12)16-7-17-10(8)19-4-2-18(3-5-19)6-11(13,14)15/h7H,2-6H2,1H3. The summed E-state index contributed by atoms with van der Waals surface area (Å²) in [6.07, 6.45) is -2.86. The van der Waals surface area contributed by atoms with Crippen molar-refractivity contribution in [1.29, 1.82) is 0 Å². The van der Waals surface area contributed by atoms with Gasteiger partial charge in [-0.05, 0) is 0 Å². The molecule has 2 rings (SSSR count). The zero-order valence-corrected chi connectivity index (χ0v) is 11.6. The van der Waals surface area contributed by atoms with E-state index in [-0.39, 0.29) is 5.15 Å². The predicted octanol–water partition coefficient (Wildman–Crippen LogP) is 1.82. The number of alkyl halides is 3. The molecule has 20 heavy (non-hydrogen) atoms. The minimum absolute atomic E-state index is 0.190. The number of halogens is 4.